The molecule has 1 aliphatic heterocycles. The maximum absolute atomic E-state index is 12.7. The summed E-state index contributed by atoms with van der Waals surface area (Å²) in [6, 6.07) is 1.71. The zero-order valence-corrected chi connectivity index (χ0v) is 13.8. The molecule has 0 unspecified atom stereocenters. The molecule has 4 nitrogen and oxygen atoms in total. The van der Waals surface area contributed by atoms with Gasteiger partial charge < -0.3 is 10.2 Å². The first kappa shape index (κ1) is 16.0. The first-order valence-electron chi connectivity index (χ1n) is 7.67. The van der Waals surface area contributed by atoms with E-state index in [-0.39, 0.29) is 23.8 Å². The number of amides is 2. The Labute approximate surface area is 130 Å². The highest BCUT2D eigenvalue weighted by Gasteiger charge is 2.28. The summed E-state index contributed by atoms with van der Waals surface area (Å²) in [6.07, 6.45) is 2.51. The minimum absolute atomic E-state index is 0.0463. The van der Waals surface area contributed by atoms with Crippen molar-refractivity contribution in [2.24, 2.45) is 5.92 Å². The summed E-state index contributed by atoms with van der Waals surface area (Å²) in [7, 11) is 0. The van der Waals surface area contributed by atoms with Gasteiger partial charge in [-0.1, -0.05) is 27.2 Å². The summed E-state index contributed by atoms with van der Waals surface area (Å²) in [5.41, 5.74) is 1.25. The topological polar surface area (TPSA) is 49.4 Å². The van der Waals surface area contributed by atoms with Crippen LogP contribution in [0.1, 0.15) is 44.1 Å². The number of nitrogens with zero attached hydrogens (tertiary/aromatic N) is 1. The fourth-order valence-corrected chi connectivity index (χ4v) is 3.43. The van der Waals surface area contributed by atoms with Crippen LogP contribution in [0.3, 0.4) is 0 Å². The van der Waals surface area contributed by atoms with Gasteiger partial charge in [0.25, 0.3) is 0 Å². The molecular weight excluding hydrogens is 284 g/mol. The van der Waals surface area contributed by atoms with Crippen molar-refractivity contribution in [2.75, 3.05) is 6.54 Å². The summed E-state index contributed by atoms with van der Waals surface area (Å²) >= 11 is 1.76. The third-order valence-corrected chi connectivity index (χ3v) is 4.86. The Kier molecular flexibility index (Phi) is 5.39. The normalized spacial score (nSPS) is 15.7. The highest BCUT2D eigenvalue weighted by molar-refractivity contribution is 7.10. The van der Waals surface area contributed by atoms with E-state index in [0.29, 0.717) is 13.0 Å². The monoisotopic (exact) mass is 308 g/mol. The van der Waals surface area contributed by atoms with Gasteiger partial charge in [0, 0.05) is 23.9 Å². The number of hydrogen-bond donors (Lipinski definition) is 1. The molecule has 1 atom stereocenters. The van der Waals surface area contributed by atoms with Crippen LogP contribution in [0.5, 0.6) is 0 Å². The number of rotatable bonds is 5. The molecule has 0 saturated carbocycles. The number of carbonyl (C=O) groups excluding carboxylic acids is 2. The van der Waals surface area contributed by atoms with Crippen molar-refractivity contribution in [2.45, 2.75) is 52.6 Å². The van der Waals surface area contributed by atoms with E-state index in [2.05, 4.69) is 16.8 Å². The van der Waals surface area contributed by atoms with Gasteiger partial charge in [-0.2, -0.15) is 0 Å². The molecule has 21 heavy (non-hydrogen) atoms. The molecule has 116 valence electrons. The lowest BCUT2D eigenvalue weighted by Gasteiger charge is -2.31. The average Bonchev–Trinajstić information content (AvgIpc) is 2.93. The predicted molar refractivity (Wildman–Crippen MR) is 85.1 cm³/mol. The largest absolute Gasteiger partial charge is 0.344 e. The van der Waals surface area contributed by atoms with Crippen LogP contribution >= 0.6 is 11.3 Å². The molecule has 0 saturated heterocycles. The van der Waals surface area contributed by atoms with Crippen molar-refractivity contribution in [3.63, 3.8) is 0 Å². The van der Waals surface area contributed by atoms with Crippen molar-refractivity contribution >= 4 is 23.2 Å². The molecule has 0 aromatic carbocycles. The van der Waals surface area contributed by atoms with Gasteiger partial charge in [-0.25, -0.2) is 0 Å². The van der Waals surface area contributed by atoms with Crippen LogP contribution in [-0.2, 0) is 22.6 Å². The summed E-state index contributed by atoms with van der Waals surface area (Å²) in [5.74, 6) is -0.0836. The standard InChI is InChI=1S/C16H24N2O2S/c1-4-5-13(17-15(19)11(2)3)16(20)18-8-6-14-12(10-18)7-9-21-14/h7,9,11,13H,4-6,8,10H2,1-3H3,(H,17,19)/t13-/m0/s1. The molecular formula is C16H24N2O2S. The molecule has 5 heteroatoms. The Morgan fingerprint density at radius 3 is 2.86 bits per heavy atom. The summed E-state index contributed by atoms with van der Waals surface area (Å²) in [5, 5.41) is 4.99. The van der Waals surface area contributed by atoms with Crippen LogP contribution < -0.4 is 5.32 Å². The number of fused-ring (bicyclic) bond motifs is 1. The lowest BCUT2D eigenvalue weighted by molar-refractivity contribution is -0.138. The maximum Gasteiger partial charge on any atom is 0.245 e. The zero-order chi connectivity index (χ0) is 15.4. The molecule has 0 fully saturated rings. The number of thiophene rings is 1. The van der Waals surface area contributed by atoms with Gasteiger partial charge in [-0.15, -0.1) is 11.3 Å². The van der Waals surface area contributed by atoms with Gasteiger partial charge in [0.15, 0.2) is 0 Å². The first-order chi connectivity index (χ1) is 10.0. The summed E-state index contributed by atoms with van der Waals surface area (Å²) < 4.78 is 0. The van der Waals surface area contributed by atoms with Gasteiger partial charge in [0.1, 0.15) is 6.04 Å². The quantitative estimate of drug-likeness (QED) is 0.909. The lowest BCUT2D eigenvalue weighted by Crippen LogP contribution is -2.50. The van der Waals surface area contributed by atoms with Gasteiger partial charge in [-0.3, -0.25) is 9.59 Å². The highest BCUT2D eigenvalue weighted by atomic mass is 32.1. The molecule has 1 aromatic heterocycles. The van der Waals surface area contributed by atoms with Crippen LogP contribution in [0, 0.1) is 5.92 Å². The van der Waals surface area contributed by atoms with Crippen LogP contribution in [0.4, 0.5) is 0 Å². The van der Waals surface area contributed by atoms with E-state index in [9.17, 15) is 9.59 Å². The predicted octanol–water partition coefficient (Wildman–Crippen LogP) is 2.57. The molecule has 0 spiro atoms. The van der Waals surface area contributed by atoms with Crippen molar-refractivity contribution in [1.82, 2.24) is 10.2 Å². The van der Waals surface area contributed by atoms with Gasteiger partial charge >= 0.3 is 0 Å². The molecule has 0 aliphatic carbocycles. The number of nitrogens with one attached hydrogen (secondary N) is 1. The van der Waals surface area contributed by atoms with Crippen LogP contribution in [0.25, 0.3) is 0 Å². The second kappa shape index (κ2) is 7.07. The Morgan fingerprint density at radius 1 is 1.43 bits per heavy atom. The van der Waals surface area contributed by atoms with Crippen molar-refractivity contribution < 1.29 is 9.59 Å². The van der Waals surface area contributed by atoms with E-state index in [4.69, 9.17) is 0 Å². The van der Waals surface area contributed by atoms with Crippen molar-refractivity contribution in [3.05, 3.63) is 21.9 Å². The van der Waals surface area contributed by atoms with Gasteiger partial charge in [0.05, 0.1) is 0 Å². The Balaban J connectivity index is 2.03. The van der Waals surface area contributed by atoms with E-state index in [1.165, 1.54) is 10.4 Å². The summed E-state index contributed by atoms with van der Waals surface area (Å²) in [4.78, 5) is 27.9. The minimum atomic E-state index is -0.384. The van der Waals surface area contributed by atoms with E-state index >= 15 is 0 Å². The van der Waals surface area contributed by atoms with Crippen LogP contribution in [0.2, 0.25) is 0 Å². The second-order valence-electron chi connectivity index (χ2n) is 5.88. The average molecular weight is 308 g/mol. The van der Waals surface area contributed by atoms with Gasteiger partial charge in [0.2, 0.25) is 11.8 Å². The molecule has 2 amide bonds. The molecule has 2 rings (SSSR count). The Morgan fingerprint density at radius 2 is 2.19 bits per heavy atom. The minimum Gasteiger partial charge on any atom is -0.344 e. The molecule has 1 aromatic rings. The summed E-state index contributed by atoms with van der Waals surface area (Å²) in [6.45, 7) is 7.16. The molecule has 2 heterocycles. The zero-order valence-electron chi connectivity index (χ0n) is 13.0. The van der Waals surface area contributed by atoms with Crippen LogP contribution in [-0.4, -0.2) is 29.3 Å². The Bertz CT molecular complexity index is 510. The first-order valence-corrected chi connectivity index (χ1v) is 8.55. The SMILES string of the molecule is CCC[C@H](NC(=O)C(C)C)C(=O)N1CCc2sccc2C1. The molecule has 0 radical (unpaired) electrons. The molecule has 1 aliphatic rings. The van der Waals surface area contributed by atoms with Crippen LogP contribution in [0.15, 0.2) is 11.4 Å². The van der Waals surface area contributed by atoms with E-state index in [1.54, 1.807) is 11.3 Å². The Hall–Kier alpha value is -1.36. The smallest absolute Gasteiger partial charge is 0.245 e. The van der Waals surface area contributed by atoms with E-state index < -0.39 is 0 Å². The van der Waals surface area contributed by atoms with E-state index in [1.807, 2.05) is 25.7 Å². The van der Waals surface area contributed by atoms with Gasteiger partial charge in [-0.05, 0) is 29.9 Å². The third-order valence-electron chi connectivity index (χ3n) is 3.84. The van der Waals surface area contributed by atoms with Crippen molar-refractivity contribution in [1.29, 1.82) is 0 Å². The fraction of sp³-hybridized carbons (Fsp3) is 0.625. The maximum atomic E-state index is 12.7. The number of carbonyl (C=O) groups is 2. The number of hydrogen-bond acceptors (Lipinski definition) is 3. The molecule has 1 N–H and O–H groups in total. The molecule has 0 bridgehead atoms. The third kappa shape index (κ3) is 3.84. The fourth-order valence-electron chi connectivity index (χ4n) is 2.54. The van der Waals surface area contributed by atoms with Crippen molar-refractivity contribution in [3.8, 4) is 0 Å². The lowest BCUT2D eigenvalue weighted by atomic mass is 10.1. The second-order valence-corrected chi connectivity index (χ2v) is 6.88. The van der Waals surface area contributed by atoms with E-state index in [0.717, 1.165) is 19.4 Å². The highest BCUT2D eigenvalue weighted by Crippen LogP contribution is 2.24.